The summed E-state index contributed by atoms with van der Waals surface area (Å²) in [5.74, 6) is 0. The number of hydrogen-bond acceptors (Lipinski definition) is 3. The third-order valence-corrected chi connectivity index (χ3v) is 15.9. The van der Waals surface area contributed by atoms with Gasteiger partial charge in [-0.2, -0.15) is 0 Å². The molecule has 0 radical (unpaired) electrons. The highest BCUT2D eigenvalue weighted by atomic mass is 32.1. The summed E-state index contributed by atoms with van der Waals surface area (Å²) in [4.78, 5) is 5.56. The Balaban J connectivity index is 1.30. The number of anilines is 5. The molecule has 1 aliphatic carbocycles. The first-order valence-corrected chi connectivity index (χ1v) is 22.1. The lowest BCUT2D eigenvalue weighted by Crippen LogP contribution is -2.64. The molecule has 3 aliphatic heterocycles. The molecule has 0 spiro atoms. The summed E-state index contributed by atoms with van der Waals surface area (Å²) in [6.45, 7) is 21.9. The maximum atomic E-state index is 2.88. The fraction of sp³-hybridized carbons (Fsp3) is 0.321. The van der Waals surface area contributed by atoms with Gasteiger partial charge < -0.3 is 9.80 Å². The molecular weight excluding hydrogens is 707 g/mol. The predicted octanol–water partition coefficient (Wildman–Crippen LogP) is 13.0. The summed E-state index contributed by atoms with van der Waals surface area (Å²) in [5.41, 5.74) is 19.5. The van der Waals surface area contributed by atoms with Gasteiger partial charge in [-0.3, -0.25) is 0 Å². The summed E-state index contributed by atoms with van der Waals surface area (Å²) in [5, 5.41) is 2.73. The third kappa shape index (κ3) is 4.77. The molecule has 1 saturated carbocycles. The molecule has 4 heteroatoms. The molecule has 1 aromatic heterocycles. The number of hydrogen-bond donors (Lipinski definition) is 0. The van der Waals surface area contributed by atoms with Gasteiger partial charge in [0, 0.05) is 48.5 Å². The maximum Gasteiger partial charge on any atom is 0.252 e. The van der Waals surface area contributed by atoms with E-state index in [0.717, 1.165) is 0 Å². The van der Waals surface area contributed by atoms with Crippen molar-refractivity contribution in [2.24, 2.45) is 0 Å². The molecule has 2 nitrogen and oxygen atoms in total. The van der Waals surface area contributed by atoms with Crippen LogP contribution in [-0.2, 0) is 16.2 Å². The Bertz CT molecular complexity index is 2840. The summed E-state index contributed by atoms with van der Waals surface area (Å²) in [7, 11) is 0. The molecule has 0 saturated heterocycles. The van der Waals surface area contributed by atoms with Crippen molar-refractivity contribution in [1.29, 1.82) is 0 Å². The van der Waals surface area contributed by atoms with Gasteiger partial charge in [-0.25, -0.2) is 0 Å². The van der Waals surface area contributed by atoms with Crippen LogP contribution < -0.4 is 26.2 Å². The summed E-state index contributed by atoms with van der Waals surface area (Å²) in [6.07, 6.45) is 4.98. The van der Waals surface area contributed by atoms with Crippen molar-refractivity contribution in [3.8, 4) is 11.1 Å². The topological polar surface area (TPSA) is 6.48 Å². The standard InChI is InChI=1S/C53H53BN2S/c1-32-25-44-48-45(26-32)56-49-39(52(8)23-15-16-24-53(52,56)9)28-35(51(5,6)7)29-41(49)54(48)40-30-38-36-19-13-14-20-46(36)57-47(38)31-43(40)55(44)42-22-21-34(50(2,3)4)27-37(42)33-17-11-10-12-18-33/h10-14,17-22,25-31H,15-16,23-24H2,1-9H3. The van der Waals surface area contributed by atoms with Gasteiger partial charge in [0.05, 0.1) is 11.2 Å². The van der Waals surface area contributed by atoms with E-state index < -0.39 is 0 Å². The van der Waals surface area contributed by atoms with Crippen molar-refractivity contribution in [3.63, 3.8) is 0 Å². The van der Waals surface area contributed by atoms with Crippen LogP contribution in [0.2, 0.25) is 0 Å². The van der Waals surface area contributed by atoms with E-state index in [-0.39, 0.29) is 28.5 Å². The number of fused-ring (bicyclic) bond motifs is 10. The Morgan fingerprint density at radius 3 is 2.11 bits per heavy atom. The molecule has 1 fully saturated rings. The molecular formula is C53H53BN2S. The predicted molar refractivity (Wildman–Crippen MR) is 249 cm³/mol. The van der Waals surface area contributed by atoms with Crippen molar-refractivity contribution in [3.05, 3.63) is 131 Å². The highest BCUT2D eigenvalue weighted by molar-refractivity contribution is 7.26. The Labute approximate surface area is 343 Å². The maximum absolute atomic E-state index is 2.88. The minimum absolute atomic E-state index is 0.0166. The number of nitrogens with zero attached hydrogens (tertiary/aromatic N) is 2. The number of aryl methyl sites for hydroxylation is 1. The summed E-state index contributed by atoms with van der Waals surface area (Å²) < 4.78 is 2.70. The van der Waals surface area contributed by atoms with Gasteiger partial charge in [-0.15, -0.1) is 11.3 Å². The number of benzene rings is 6. The van der Waals surface area contributed by atoms with Gasteiger partial charge in [0.2, 0.25) is 0 Å². The molecule has 2 atom stereocenters. The van der Waals surface area contributed by atoms with E-state index in [1.807, 2.05) is 11.3 Å². The molecule has 6 aromatic carbocycles. The van der Waals surface area contributed by atoms with Gasteiger partial charge in [0.1, 0.15) is 0 Å². The second-order valence-corrected chi connectivity index (χ2v) is 21.3. The molecule has 57 heavy (non-hydrogen) atoms. The molecule has 11 rings (SSSR count). The molecule has 2 unspecified atom stereocenters. The van der Waals surface area contributed by atoms with Crippen LogP contribution in [0.15, 0.2) is 109 Å². The van der Waals surface area contributed by atoms with E-state index >= 15 is 0 Å². The van der Waals surface area contributed by atoms with Crippen molar-refractivity contribution in [2.75, 3.05) is 9.80 Å². The van der Waals surface area contributed by atoms with E-state index in [0.29, 0.717) is 0 Å². The van der Waals surface area contributed by atoms with E-state index in [2.05, 4.69) is 181 Å². The SMILES string of the molecule is Cc1cc2c3c(c1)N1c4c(cc(C(C)(C)C)cc4C4(C)CCCCC14C)B3c1cc3c(cc1N2c1ccc(C(C)(C)C)cc1-c1ccccc1)sc1ccccc13. The van der Waals surface area contributed by atoms with Crippen molar-refractivity contribution in [1.82, 2.24) is 0 Å². The lowest BCUT2D eigenvalue weighted by Gasteiger charge is -2.53. The van der Waals surface area contributed by atoms with Gasteiger partial charge in [0.25, 0.3) is 6.71 Å². The second kappa shape index (κ2) is 11.7. The average Bonchev–Trinajstić information content (AvgIpc) is 3.64. The molecule has 0 amide bonds. The van der Waals surface area contributed by atoms with Crippen LogP contribution >= 0.6 is 11.3 Å². The highest BCUT2D eigenvalue weighted by Crippen LogP contribution is 2.62. The normalized spacial score (nSPS) is 20.8. The second-order valence-electron chi connectivity index (χ2n) is 20.2. The lowest BCUT2D eigenvalue weighted by molar-refractivity contribution is 0.195. The average molecular weight is 761 g/mol. The van der Waals surface area contributed by atoms with E-state index in [1.54, 1.807) is 5.56 Å². The molecule has 284 valence electrons. The fourth-order valence-electron chi connectivity index (χ4n) is 11.4. The molecule has 4 heterocycles. The van der Waals surface area contributed by atoms with Crippen LogP contribution in [0.25, 0.3) is 31.3 Å². The van der Waals surface area contributed by atoms with E-state index in [4.69, 9.17) is 0 Å². The molecule has 4 aliphatic rings. The van der Waals surface area contributed by atoms with Gasteiger partial charge in [0.15, 0.2) is 0 Å². The first-order valence-electron chi connectivity index (χ1n) is 21.3. The van der Waals surface area contributed by atoms with Crippen LogP contribution in [-0.4, -0.2) is 12.3 Å². The first-order chi connectivity index (χ1) is 27.2. The summed E-state index contributed by atoms with van der Waals surface area (Å²) >= 11 is 1.93. The van der Waals surface area contributed by atoms with Gasteiger partial charge in [-0.05, 0) is 124 Å². The zero-order valence-corrected chi connectivity index (χ0v) is 35.9. The Kier molecular flexibility index (Phi) is 7.24. The van der Waals surface area contributed by atoms with Crippen molar-refractivity contribution >= 4 is 83.0 Å². The minimum atomic E-state index is -0.0203. The monoisotopic (exact) mass is 760 g/mol. The van der Waals surface area contributed by atoms with E-state index in [1.165, 1.54) is 118 Å². The zero-order valence-electron chi connectivity index (χ0n) is 35.1. The smallest absolute Gasteiger partial charge is 0.252 e. The number of rotatable bonds is 2. The van der Waals surface area contributed by atoms with Crippen LogP contribution in [0.5, 0.6) is 0 Å². The van der Waals surface area contributed by atoms with Crippen LogP contribution in [0.1, 0.15) is 103 Å². The Hall–Kier alpha value is -4.80. The minimum Gasteiger partial charge on any atom is -0.335 e. The number of thiophene rings is 1. The summed E-state index contributed by atoms with van der Waals surface area (Å²) in [6, 6.07) is 42.9. The van der Waals surface area contributed by atoms with Crippen LogP contribution in [0.4, 0.5) is 28.4 Å². The molecule has 7 aromatic rings. The fourth-order valence-corrected chi connectivity index (χ4v) is 12.6. The third-order valence-electron chi connectivity index (χ3n) is 14.7. The lowest BCUT2D eigenvalue weighted by atomic mass is 9.33. The zero-order chi connectivity index (χ0) is 39.4. The van der Waals surface area contributed by atoms with Crippen LogP contribution in [0, 0.1) is 6.92 Å². The van der Waals surface area contributed by atoms with E-state index in [9.17, 15) is 0 Å². The molecule has 0 bridgehead atoms. The van der Waals surface area contributed by atoms with Gasteiger partial charge in [-0.1, -0.05) is 134 Å². The van der Waals surface area contributed by atoms with Crippen molar-refractivity contribution < 1.29 is 0 Å². The first kappa shape index (κ1) is 35.4. The quantitative estimate of drug-likeness (QED) is 0.162. The van der Waals surface area contributed by atoms with Crippen molar-refractivity contribution in [2.45, 2.75) is 110 Å². The Morgan fingerprint density at radius 1 is 0.614 bits per heavy atom. The highest BCUT2D eigenvalue weighted by Gasteiger charge is 2.61. The Morgan fingerprint density at radius 2 is 1.33 bits per heavy atom. The van der Waals surface area contributed by atoms with Crippen LogP contribution in [0.3, 0.4) is 0 Å². The molecule has 0 N–H and O–H groups in total. The van der Waals surface area contributed by atoms with Gasteiger partial charge >= 0.3 is 0 Å². The largest absolute Gasteiger partial charge is 0.335 e.